The second-order valence-corrected chi connectivity index (χ2v) is 6.30. The normalized spacial score (nSPS) is 12.4. The number of rotatable bonds is 3. The van der Waals surface area contributed by atoms with Crippen LogP contribution in [0, 0.1) is 0 Å². The van der Waals surface area contributed by atoms with Crippen LogP contribution < -0.4 is 10.1 Å². The lowest BCUT2D eigenvalue weighted by Crippen LogP contribution is -2.11. The second kappa shape index (κ2) is 6.35. The molecule has 0 unspecified atom stereocenters. The van der Waals surface area contributed by atoms with E-state index in [9.17, 15) is 26.3 Å². The third-order valence-corrected chi connectivity index (χ3v) is 4.37. The van der Waals surface area contributed by atoms with E-state index in [-0.39, 0.29) is 16.9 Å². The Labute approximate surface area is 147 Å². The van der Waals surface area contributed by atoms with E-state index in [1.165, 1.54) is 7.11 Å². The maximum absolute atomic E-state index is 12.9. The zero-order chi connectivity index (χ0) is 19.1. The first kappa shape index (κ1) is 18.3. The summed E-state index contributed by atoms with van der Waals surface area (Å²) in [5, 5.41) is 2.69. The lowest BCUT2D eigenvalue weighted by atomic mass is 10.1. The molecule has 0 aliphatic carbocycles. The van der Waals surface area contributed by atoms with Gasteiger partial charge in [0.25, 0.3) is 0 Å². The number of nitrogens with one attached hydrogen (secondary N) is 1. The standard InChI is InChI=1S/C16H10F6N2OS/c1-25-11-2-3-12-13(7-11)26-14(24-12)23-10-5-8(15(17,18)19)4-9(6-10)16(20,21)22/h2-7H,1H3,(H,23,24). The Hall–Kier alpha value is -2.49. The lowest BCUT2D eigenvalue weighted by molar-refractivity contribution is -0.143. The molecule has 3 aromatic rings. The van der Waals surface area contributed by atoms with E-state index in [2.05, 4.69) is 10.3 Å². The molecule has 0 aliphatic rings. The highest BCUT2D eigenvalue weighted by Gasteiger charge is 2.37. The SMILES string of the molecule is COc1ccc2nc(Nc3cc(C(F)(F)F)cc(C(F)(F)F)c3)sc2c1. The third kappa shape index (κ3) is 3.85. The predicted molar refractivity (Wildman–Crippen MR) is 85.9 cm³/mol. The van der Waals surface area contributed by atoms with Crippen molar-refractivity contribution in [3.8, 4) is 5.75 Å². The van der Waals surface area contributed by atoms with E-state index in [0.29, 0.717) is 28.1 Å². The molecule has 3 rings (SSSR count). The number of aromatic nitrogens is 1. The molecule has 2 aromatic carbocycles. The first-order chi connectivity index (χ1) is 12.1. The fourth-order valence-electron chi connectivity index (χ4n) is 2.24. The van der Waals surface area contributed by atoms with E-state index in [4.69, 9.17) is 4.74 Å². The Bertz CT molecular complexity index is 916. The van der Waals surface area contributed by atoms with Gasteiger partial charge in [-0.15, -0.1) is 0 Å². The van der Waals surface area contributed by atoms with Crippen molar-refractivity contribution < 1.29 is 31.1 Å². The summed E-state index contributed by atoms with van der Waals surface area (Å²) < 4.78 is 83.2. The van der Waals surface area contributed by atoms with Crippen molar-refractivity contribution in [3.63, 3.8) is 0 Å². The number of alkyl halides is 6. The smallest absolute Gasteiger partial charge is 0.416 e. The fraction of sp³-hybridized carbons (Fsp3) is 0.188. The van der Waals surface area contributed by atoms with Gasteiger partial charge in [-0.3, -0.25) is 0 Å². The highest BCUT2D eigenvalue weighted by molar-refractivity contribution is 7.22. The van der Waals surface area contributed by atoms with E-state index in [0.717, 1.165) is 11.3 Å². The Kier molecular flexibility index (Phi) is 4.47. The summed E-state index contributed by atoms with van der Waals surface area (Å²) in [4.78, 5) is 4.16. The van der Waals surface area contributed by atoms with Gasteiger partial charge < -0.3 is 10.1 Å². The molecule has 0 saturated heterocycles. The van der Waals surface area contributed by atoms with Gasteiger partial charge >= 0.3 is 12.4 Å². The molecule has 1 heterocycles. The minimum Gasteiger partial charge on any atom is -0.497 e. The number of halogens is 6. The van der Waals surface area contributed by atoms with Gasteiger partial charge in [0.05, 0.1) is 28.5 Å². The summed E-state index contributed by atoms with van der Waals surface area (Å²) in [6.45, 7) is 0. The number of methoxy groups -OCH3 is 1. The van der Waals surface area contributed by atoms with E-state index < -0.39 is 23.5 Å². The van der Waals surface area contributed by atoms with Crippen LogP contribution in [0.1, 0.15) is 11.1 Å². The van der Waals surface area contributed by atoms with Gasteiger partial charge in [-0.2, -0.15) is 26.3 Å². The molecule has 10 heteroatoms. The Morgan fingerprint density at radius 3 is 2.08 bits per heavy atom. The molecule has 138 valence electrons. The number of nitrogens with zero attached hydrogens (tertiary/aromatic N) is 1. The van der Waals surface area contributed by atoms with Crippen LogP contribution in [0.3, 0.4) is 0 Å². The van der Waals surface area contributed by atoms with Crippen molar-refractivity contribution in [1.29, 1.82) is 0 Å². The monoisotopic (exact) mass is 392 g/mol. The molecule has 1 aromatic heterocycles. The average molecular weight is 392 g/mol. The quantitative estimate of drug-likeness (QED) is 0.548. The molecular formula is C16H10F6N2OS. The summed E-state index contributed by atoms with van der Waals surface area (Å²) in [6, 6.07) is 6.27. The van der Waals surface area contributed by atoms with Crippen molar-refractivity contribution in [2.75, 3.05) is 12.4 Å². The van der Waals surface area contributed by atoms with Crippen molar-refractivity contribution in [2.45, 2.75) is 12.4 Å². The first-order valence-corrected chi connectivity index (χ1v) is 7.89. The van der Waals surface area contributed by atoms with Crippen LogP contribution in [0.5, 0.6) is 5.75 Å². The Morgan fingerprint density at radius 2 is 1.54 bits per heavy atom. The van der Waals surface area contributed by atoms with Gasteiger partial charge in [0.2, 0.25) is 0 Å². The molecule has 0 aliphatic heterocycles. The van der Waals surface area contributed by atoms with Gasteiger partial charge in [-0.25, -0.2) is 4.98 Å². The average Bonchev–Trinajstić information content (AvgIpc) is 2.93. The third-order valence-electron chi connectivity index (χ3n) is 3.43. The lowest BCUT2D eigenvalue weighted by Gasteiger charge is -2.14. The van der Waals surface area contributed by atoms with Crippen molar-refractivity contribution in [2.24, 2.45) is 0 Å². The molecule has 1 N–H and O–H groups in total. The highest BCUT2D eigenvalue weighted by atomic mass is 32.1. The molecule has 0 fully saturated rings. The summed E-state index contributed by atoms with van der Waals surface area (Å²) in [5.41, 5.74) is -2.59. The molecular weight excluding hydrogens is 382 g/mol. The predicted octanol–water partition coefficient (Wildman–Crippen LogP) is 6.09. The number of benzene rings is 2. The molecule has 0 radical (unpaired) electrons. The molecule has 26 heavy (non-hydrogen) atoms. The summed E-state index contributed by atoms with van der Waals surface area (Å²) in [6.07, 6.45) is -9.81. The Morgan fingerprint density at radius 1 is 0.923 bits per heavy atom. The molecule has 0 amide bonds. The molecule has 3 nitrogen and oxygen atoms in total. The van der Waals surface area contributed by atoms with Gasteiger partial charge in [0.1, 0.15) is 5.75 Å². The molecule has 0 saturated carbocycles. The van der Waals surface area contributed by atoms with E-state index in [1.807, 2.05) is 0 Å². The number of anilines is 2. The maximum atomic E-state index is 12.9. The van der Waals surface area contributed by atoms with Gasteiger partial charge in [-0.05, 0) is 36.4 Å². The summed E-state index contributed by atoms with van der Waals surface area (Å²) in [5.74, 6) is 0.561. The van der Waals surface area contributed by atoms with Crippen molar-refractivity contribution in [3.05, 3.63) is 47.5 Å². The van der Waals surface area contributed by atoms with E-state index >= 15 is 0 Å². The van der Waals surface area contributed by atoms with Crippen LogP contribution in [-0.2, 0) is 12.4 Å². The molecule has 0 bridgehead atoms. The summed E-state index contributed by atoms with van der Waals surface area (Å²) in [7, 11) is 1.47. The van der Waals surface area contributed by atoms with Gasteiger partial charge in [0.15, 0.2) is 5.13 Å². The highest BCUT2D eigenvalue weighted by Crippen LogP contribution is 2.39. The fourth-order valence-corrected chi connectivity index (χ4v) is 3.15. The minimum atomic E-state index is -4.90. The minimum absolute atomic E-state index is 0.0778. The first-order valence-electron chi connectivity index (χ1n) is 7.07. The number of fused-ring (bicyclic) bond motifs is 1. The van der Waals surface area contributed by atoms with Crippen molar-refractivity contribution in [1.82, 2.24) is 4.98 Å². The number of ether oxygens (including phenoxy) is 1. The van der Waals surface area contributed by atoms with Crippen LogP contribution >= 0.6 is 11.3 Å². The summed E-state index contributed by atoms with van der Waals surface area (Å²) >= 11 is 1.08. The van der Waals surface area contributed by atoms with E-state index in [1.54, 1.807) is 18.2 Å². The zero-order valence-corrected chi connectivity index (χ0v) is 13.8. The van der Waals surface area contributed by atoms with Crippen LogP contribution in [0.4, 0.5) is 37.2 Å². The maximum Gasteiger partial charge on any atom is 0.416 e. The number of hydrogen-bond acceptors (Lipinski definition) is 4. The molecule has 0 atom stereocenters. The van der Waals surface area contributed by atoms with Crippen LogP contribution in [0.25, 0.3) is 10.2 Å². The van der Waals surface area contributed by atoms with Crippen LogP contribution in [-0.4, -0.2) is 12.1 Å². The Balaban J connectivity index is 2.01. The zero-order valence-electron chi connectivity index (χ0n) is 13.0. The number of thiazole rings is 1. The van der Waals surface area contributed by atoms with Gasteiger partial charge in [0, 0.05) is 5.69 Å². The molecule has 0 spiro atoms. The second-order valence-electron chi connectivity index (χ2n) is 5.27. The van der Waals surface area contributed by atoms with Crippen LogP contribution in [0.2, 0.25) is 0 Å². The topological polar surface area (TPSA) is 34.1 Å². The van der Waals surface area contributed by atoms with Gasteiger partial charge in [-0.1, -0.05) is 11.3 Å². The van der Waals surface area contributed by atoms with Crippen LogP contribution in [0.15, 0.2) is 36.4 Å². The largest absolute Gasteiger partial charge is 0.497 e. The number of hydrogen-bond donors (Lipinski definition) is 1. The van der Waals surface area contributed by atoms with Crippen molar-refractivity contribution >= 4 is 32.4 Å².